The van der Waals surface area contributed by atoms with Crippen molar-refractivity contribution >= 4 is 16.9 Å². The van der Waals surface area contributed by atoms with Crippen LogP contribution < -0.4 is 5.56 Å². The predicted molar refractivity (Wildman–Crippen MR) is 95.3 cm³/mol. The van der Waals surface area contributed by atoms with E-state index in [2.05, 4.69) is 25.5 Å². The molecule has 2 aromatic heterocycles. The van der Waals surface area contributed by atoms with E-state index in [1.165, 1.54) is 11.0 Å². The Morgan fingerprint density at radius 1 is 1.15 bits per heavy atom. The van der Waals surface area contributed by atoms with Gasteiger partial charge in [0, 0.05) is 0 Å². The normalized spacial score (nSPS) is 12.0. The van der Waals surface area contributed by atoms with Crippen molar-refractivity contribution in [3.63, 3.8) is 0 Å². The number of nitrogens with one attached hydrogen (secondary N) is 1. The Balaban J connectivity index is 1.64. The lowest BCUT2D eigenvalue weighted by Gasteiger charge is -2.14. The molecule has 0 bridgehead atoms. The topological polar surface area (TPSA) is 116 Å². The third-order valence-corrected chi connectivity index (χ3v) is 4.02. The van der Waals surface area contributed by atoms with Gasteiger partial charge in [-0.1, -0.05) is 24.3 Å². The number of aromatic amines is 1. The van der Waals surface area contributed by atoms with Gasteiger partial charge in [0.1, 0.15) is 6.33 Å². The van der Waals surface area contributed by atoms with Gasteiger partial charge in [-0.3, -0.25) is 4.79 Å². The van der Waals surface area contributed by atoms with Crippen LogP contribution >= 0.6 is 0 Å². The van der Waals surface area contributed by atoms with E-state index in [0.717, 1.165) is 0 Å². The molecule has 0 aliphatic carbocycles. The molecule has 0 fully saturated rings. The van der Waals surface area contributed by atoms with Crippen molar-refractivity contribution in [2.75, 3.05) is 0 Å². The number of carbonyl (C=O) groups excluding carboxylic acids is 1. The van der Waals surface area contributed by atoms with Crippen molar-refractivity contribution in [3.05, 3.63) is 76.6 Å². The second-order valence-electron chi connectivity index (χ2n) is 5.79. The van der Waals surface area contributed by atoms with Crippen molar-refractivity contribution in [1.29, 1.82) is 0 Å². The highest BCUT2D eigenvalue weighted by molar-refractivity contribution is 5.93. The minimum atomic E-state index is -0.753. The van der Waals surface area contributed by atoms with Gasteiger partial charge < -0.3 is 9.72 Å². The first-order chi connectivity index (χ1) is 13.1. The average molecular weight is 362 g/mol. The Morgan fingerprint density at radius 2 is 1.93 bits per heavy atom. The number of benzene rings is 2. The number of rotatable bonds is 4. The molecule has 134 valence electrons. The summed E-state index contributed by atoms with van der Waals surface area (Å²) in [5.41, 5.74) is 1.03. The molecule has 0 aliphatic rings. The molecule has 2 aromatic carbocycles. The van der Waals surface area contributed by atoms with Crippen molar-refractivity contribution < 1.29 is 9.53 Å². The van der Waals surface area contributed by atoms with Gasteiger partial charge in [-0.25, -0.2) is 9.78 Å². The highest BCUT2D eigenvalue weighted by Gasteiger charge is 2.20. The Hall–Kier alpha value is -3.88. The summed E-state index contributed by atoms with van der Waals surface area (Å²) < 4.78 is 6.88. The van der Waals surface area contributed by atoms with E-state index in [9.17, 15) is 9.59 Å². The number of tetrazole rings is 1. The maximum absolute atomic E-state index is 12.7. The van der Waals surface area contributed by atoms with Crippen molar-refractivity contribution in [2.24, 2.45) is 0 Å². The maximum atomic E-state index is 12.7. The summed E-state index contributed by atoms with van der Waals surface area (Å²) in [6.07, 6.45) is 0.634. The Kier molecular flexibility index (Phi) is 4.17. The van der Waals surface area contributed by atoms with Crippen molar-refractivity contribution in [2.45, 2.75) is 13.0 Å². The van der Waals surface area contributed by atoms with E-state index in [0.29, 0.717) is 22.2 Å². The second-order valence-corrected chi connectivity index (χ2v) is 5.79. The highest BCUT2D eigenvalue weighted by Crippen LogP contribution is 2.19. The Morgan fingerprint density at radius 3 is 2.74 bits per heavy atom. The standard InChI is InChI=1S/C18H14N6O3/c1-11(16-20-14-8-4-2-6-12(14)17(25)21-16)27-18(26)13-7-3-5-9-15(13)24-10-19-22-23-24/h2-11H,1H3,(H,20,21,25). The van der Waals surface area contributed by atoms with Gasteiger partial charge in [-0.2, -0.15) is 4.68 Å². The number of carbonyl (C=O) groups is 1. The summed E-state index contributed by atoms with van der Waals surface area (Å²) in [6, 6.07) is 13.8. The van der Waals surface area contributed by atoms with Crippen molar-refractivity contribution in [1.82, 2.24) is 30.2 Å². The predicted octanol–water partition coefficient (Wildman–Crippen LogP) is 1.82. The third-order valence-electron chi connectivity index (χ3n) is 4.02. The number of para-hydroxylation sites is 2. The Labute approximate surface area is 152 Å². The van der Waals surface area contributed by atoms with Gasteiger partial charge in [-0.15, -0.1) is 5.10 Å². The molecule has 0 saturated heterocycles. The number of hydrogen-bond acceptors (Lipinski definition) is 7. The summed E-state index contributed by atoms with van der Waals surface area (Å²) in [7, 11) is 0. The number of H-pyrrole nitrogens is 1. The van der Waals surface area contributed by atoms with Crippen LogP contribution in [0.2, 0.25) is 0 Å². The first-order valence-electron chi connectivity index (χ1n) is 8.16. The van der Waals surface area contributed by atoms with Crippen LogP contribution in [0.25, 0.3) is 16.6 Å². The van der Waals surface area contributed by atoms with Gasteiger partial charge in [0.2, 0.25) is 0 Å². The smallest absolute Gasteiger partial charge is 0.341 e. The van der Waals surface area contributed by atoms with Crippen LogP contribution in [-0.4, -0.2) is 36.1 Å². The zero-order valence-electron chi connectivity index (χ0n) is 14.2. The summed E-state index contributed by atoms with van der Waals surface area (Å²) in [5.74, 6) is -0.309. The molecule has 1 atom stereocenters. The fourth-order valence-corrected chi connectivity index (χ4v) is 2.69. The van der Waals surface area contributed by atoms with E-state index >= 15 is 0 Å². The van der Waals surface area contributed by atoms with Gasteiger partial charge >= 0.3 is 5.97 Å². The van der Waals surface area contributed by atoms with Crippen LogP contribution in [0.5, 0.6) is 0 Å². The molecular weight excluding hydrogens is 348 g/mol. The average Bonchev–Trinajstić information content (AvgIpc) is 3.22. The lowest BCUT2D eigenvalue weighted by Crippen LogP contribution is -2.18. The van der Waals surface area contributed by atoms with E-state index in [-0.39, 0.29) is 11.4 Å². The van der Waals surface area contributed by atoms with E-state index < -0.39 is 12.1 Å². The number of nitrogens with zero attached hydrogens (tertiary/aromatic N) is 5. The van der Waals surface area contributed by atoms with Crippen LogP contribution in [0.3, 0.4) is 0 Å². The summed E-state index contributed by atoms with van der Waals surface area (Å²) >= 11 is 0. The van der Waals surface area contributed by atoms with Crippen molar-refractivity contribution in [3.8, 4) is 5.69 Å². The number of fused-ring (bicyclic) bond motifs is 1. The molecule has 0 aliphatic heterocycles. The van der Waals surface area contributed by atoms with Crippen LogP contribution in [0.4, 0.5) is 0 Å². The molecule has 0 amide bonds. The fourth-order valence-electron chi connectivity index (χ4n) is 2.69. The molecule has 4 rings (SSSR count). The van der Waals surface area contributed by atoms with Crippen LogP contribution in [0, 0.1) is 0 Å². The molecule has 9 nitrogen and oxygen atoms in total. The highest BCUT2D eigenvalue weighted by atomic mass is 16.5. The van der Waals surface area contributed by atoms with Crippen LogP contribution in [-0.2, 0) is 4.74 Å². The van der Waals surface area contributed by atoms with Gasteiger partial charge in [-0.05, 0) is 41.6 Å². The molecule has 27 heavy (non-hydrogen) atoms. The second kappa shape index (κ2) is 6.79. The molecule has 1 N–H and O–H groups in total. The molecule has 0 saturated carbocycles. The summed E-state index contributed by atoms with van der Waals surface area (Å²) in [4.78, 5) is 31.9. The van der Waals surface area contributed by atoms with Gasteiger partial charge in [0.05, 0.1) is 22.2 Å². The Bertz CT molecular complexity index is 1170. The number of hydrogen-bond donors (Lipinski definition) is 1. The fraction of sp³-hybridized carbons (Fsp3) is 0.111. The minimum absolute atomic E-state index is 0.270. The van der Waals surface area contributed by atoms with Gasteiger partial charge in [0.25, 0.3) is 5.56 Å². The van der Waals surface area contributed by atoms with E-state index in [4.69, 9.17) is 4.74 Å². The zero-order valence-corrected chi connectivity index (χ0v) is 14.2. The first-order valence-corrected chi connectivity index (χ1v) is 8.16. The van der Waals surface area contributed by atoms with Crippen LogP contribution in [0.15, 0.2) is 59.7 Å². The molecule has 0 spiro atoms. The maximum Gasteiger partial charge on any atom is 0.341 e. The summed E-state index contributed by atoms with van der Waals surface area (Å²) in [5, 5.41) is 11.4. The number of esters is 1. The minimum Gasteiger partial charge on any atom is -0.451 e. The SMILES string of the molecule is CC(OC(=O)c1ccccc1-n1cnnn1)c1nc2ccccc2c(=O)[nH]1. The van der Waals surface area contributed by atoms with E-state index in [1.54, 1.807) is 55.5 Å². The molecule has 0 radical (unpaired) electrons. The molecule has 1 unspecified atom stereocenters. The van der Waals surface area contributed by atoms with Crippen LogP contribution in [0.1, 0.15) is 29.2 Å². The molecule has 4 aromatic rings. The van der Waals surface area contributed by atoms with E-state index in [1.807, 2.05) is 0 Å². The molecule has 9 heteroatoms. The lowest BCUT2D eigenvalue weighted by molar-refractivity contribution is 0.0320. The third kappa shape index (κ3) is 3.17. The lowest BCUT2D eigenvalue weighted by atomic mass is 10.2. The number of ether oxygens (including phenoxy) is 1. The summed E-state index contributed by atoms with van der Waals surface area (Å²) in [6.45, 7) is 1.64. The quantitative estimate of drug-likeness (QED) is 0.550. The molecular formula is C18H14N6O3. The number of aromatic nitrogens is 6. The first kappa shape index (κ1) is 16.6. The van der Waals surface area contributed by atoms with Gasteiger partial charge in [0.15, 0.2) is 11.9 Å². The largest absolute Gasteiger partial charge is 0.451 e. The zero-order chi connectivity index (χ0) is 18.8. The monoisotopic (exact) mass is 362 g/mol. The molecule has 2 heterocycles.